The second-order valence-electron chi connectivity index (χ2n) is 11.7. The average Bonchev–Trinajstić information content (AvgIpc) is 3.05. The number of ketones is 2. The van der Waals surface area contributed by atoms with Gasteiger partial charge in [0.05, 0.1) is 7.11 Å². The number of piperidine rings is 2. The van der Waals surface area contributed by atoms with Crippen LogP contribution in [0.2, 0.25) is 0 Å². The fourth-order valence-corrected chi connectivity index (χ4v) is 5.98. The quantitative estimate of drug-likeness (QED) is 0.194. The lowest BCUT2D eigenvalue weighted by Gasteiger charge is -2.34. The molecule has 0 N–H and O–H groups in total. The van der Waals surface area contributed by atoms with E-state index in [9.17, 15) is 27.6 Å². The highest BCUT2D eigenvalue weighted by Gasteiger charge is 2.33. The highest BCUT2D eigenvalue weighted by atomic mass is 19.4. The Bertz CT molecular complexity index is 1510. The average molecular weight is 642 g/mol. The number of rotatable bonds is 10. The van der Waals surface area contributed by atoms with Gasteiger partial charge in [0, 0.05) is 55.8 Å². The maximum absolute atomic E-state index is 15.1. The Morgan fingerprint density at radius 2 is 1.52 bits per heavy atom. The number of methoxy groups -OCH3 is 1. The topological polar surface area (TPSA) is 89.0 Å². The van der Waals surface area contributed by atoms with E-state index in [0.29, 0.717) is 62.3 Å². The van der Waals surface area contributed by atoms with Crippen molar-refractivity contribution in [3.63, 3.8) is 0 Å². The molecule has 12 heteroatoms. The maximum atomic E-state index is 15.1. The van der Waals surface area contributed by atoms with Gasteiger partial charge in [0.1, 0.15) is 23.4 Å². The lowest BCUT2D eigenvalue weighted by atomic mass is 9.88. The lowest BCUT2D eigenvalue weighted by molar-refractivity contribution is -0.274. The zero-order valence-electron chi connectivity index (χ0n) is 25.3. The Morgan fingerprint density at radius 1 is 0.870 bits per heavy atom. The van der Waals surface area contributed by atoms with Crippen molar-refractivity contribution in [1.29, 1.82) is 0 Å². The molecule has 2 aliphatic rings. The van der Waals surface area contributed by atoms with Crippen molar-refractivity contribution in [2.24, 2.45) is 11.8 Å². The van der Waals surface area contributed by atoms with Crippen molar-refractivity contribution in [3.05, 3.63) is 89.2 Å². The molecule has 2 fully saturated rings. The standard InChI is InChI=1S/C34H35F4N3O5/c1-45-27-9-4-23(5-10-27)32(43)24-13-16-41(17-14-24)33(44)30-11-6-26(19-39-30)31(42)18-25-12-15-40(21-29(25)35)20-22-2-7-28(8-3-22)46-34(36,37)38/h2-11,19,24-25,29H,12-18,20-21H2,1H3. The number of nitrogens with zero attached hydrogens (tertiary/aromatic N) is 3. The third-order valence-corrected chi connectivity index (χ3v) is 8.60. The largest absolute Gasteiger partial charge is 0.573 e. The van der Waals surface area contributed by atoms with Crippen LogP contribution < -0.4 is 9.47 Å². The summed E-state index contributed by atoms with van der Waals surface area (Å²) >= 11 is 0. The maximum Gasteiger partial charge on any atom is 0.573 e. The number of pyridine rings is 1. The predicted molar refractivity (Wildman–Crippen MR) is 161 cm³/mol. The highest BCUT2D eigenvalue weighted by Crippen LogP contribution is 2.28. The first-order chi connectivity index (χ1) is 22.0. The number of ether oxygens (including phenoxy) is 2. The molecule has 0 spiro atoms. The molecule has 46 heavy (non-hydrogen) atoms. The number of alkyl halides is 4. The second kappa shape index (κ2) is 14.4. The number of carbonyl (C=O) groups is 3. The van der Waals surface area contributed by atoms with Gasteiger partial charge in [-0.1, -0.05) is 12.1 Å². The minimum atomic E-state index is -4.77. The molecule has 0 radical (unpaired) electrons. The van der Waals surface area contributed by atoms with Crippen LogP contribution in [0.4, 0.5) is 17.6 Å². The molecule has 3 heterocycles. The van der Waals surface area contributed by atoms with Crippen LogP contribution in [-0.2, 0) is 6.54 Å². The number of Topliss-reactive ketones (excluding diaryl/α,β-unsaturated/α-hetero) is 2. The number of benzene rings is 2. The van der Waals surface area contributed by atoms with E-state index in [1.165, 1.54) is 42.6 Å². The van der Waals surface area contributed by atoms with E-state index in [1.54, 1.807) is 36.3 Å². The van der Waals surface area contributed by atoms with Crippen molar-refractivity contribution in [2.45, 2.75) is 44.8 Å². The SMILES string of the molecule is COc1ccc(C(=O)C2CCN(C(=O)c3ccc(C(=O)CC4CCN(Cc5ccc(OC(F)(F)F)cc5)CC4F)cn3)CC2)cc1. The molecule has 2 saturated heterocycles. The molecule has 8 nitrogen and oxygen atoms in total. The Labute approximate surface area is 264 Å². The molecule has 0 saturated carbocycles. The molecule has 0 bridgehead atoms. The van der Waals surface area contributed by atoms with Crippen molar-refractivity contribution >= 4 is 17.5 Å². The van der Waals surface area contributed by atoms with Crippen LogP contribution in [-0.4, -0.2) is 78.1 Å². The lowest BCUT2D eigenvalue weighted by Crippen LogP contribution is -2.42. The minimum Gasteiger partial charge on any atom is -0.497 e. The van der Waals surface area contributed by atoms with E-state index in [0.717, 1.165) is 5.56 Å². The molecule has 1 aromatic heterocycles. The van der Waals surface area contributed by atoms with E-state index >= 15 is 4.39 Å². The number of likely N-dealkylation sites (tertiary alicyclic amines) is 2. The predicted octanol–water partition coefficient (Wildman–Crippen LogP) is 6.16. The van der Waals surface area contributed by atoms with Gasteiger partial charge in [-0.3, -0.25) is 24.3 Å². The summed E-state index contributed by atoms with van der Waals surface area (Å²) < 4.78 is 61.2. The van der Waals surface area contributed by atoms with Crippen LogP contribution in [0.1, 0.15) is 62.5 Å². The van der Waals surface area contributed by atoms with E-state index in [4.69, 9.17) is 4.74 Å². The second-order valence-corrected chi connectivity index (χ2v) is 11.7. The Hall–Kier alpha value is -4.32. The third kappa shape index (κ3) is 8.48. The molecule has 3 aromatic rings. The van der Waals surface area contributed by atoms with Crippen LogP contribution in [0.3, 0.4) is 0 Å². The molecule has 2 atom stereocenters. The normalized spacial score (nSPS) is 19.5. The monoisotopic (exact) mass is 641 g/mol. The molecule has 2 aromatic carbocycles. The van der Waals surface area contributed by atoms with Crippen LogP contribution in [0.25, 0.3) is 0 Å². The van der Waals surface area contributed by atoms with Gasteiger partial charge >= 0.3 is 6.36 Å². The molecule has 2 unspecified atom stereocenters. The van der Waals surface area contributed by atoms with E-state index in [2.05, 4.69) is 9.72 Å². The smallest absolute Gasteiger partial charge is 0.497 e. The first-order valence-electron chi connectivity index (χ1n) is 15.2. The van der Waals surface area contributed by atoms with Gasteiger partial charge in [-0.15, -0.1) is 13.2 Å². The third-order valence-electron chi connectivity index (χ3n) is 8.60. The molecule has 2 aliphatic heterocycles. The highest BCUT2D eigenvalue weighted by molar-refractivity contribution is 5.99. The Balaban J connectivity index is 1.07. The van der Waals surface area contributed by atoms with Crippen molar-refractivity contribution < 1.29 is 41.4 Å². The summed E-state index contributed by atoms with van der Waals surface area (Å²) in [6.45, 7) is 1.84. The van der Waals surface area contributed by atoms with Gasteiger partial charge in [0.15, 0.2) is 11.6 Å². The molecule has 244 valence electrons. The fourth-order valence-electron chi connectivity index (χ4n) is 5.98. The van der Waals surface area contributed by atoms with Crippen LogP contribution >= 0.6 is 0 Å². The van der Waals surface area contributed by atoms with Gasteiger partial charge in [-0.2, -0.15) is 0 Å². The summed E-state index contributed by atoms with van der Waals surface area (Å²) in [5.74, 6) is -0.776. The summed E-state index contributed by atoms with van der Waals surface area (Å²) in [4.78, 5) is 46.7. The number of halogens is 4. The van der Waals surface area contributed by atoms with Gasteiger partial charge in [0.25, 0.3) is 5.91 Å². The fraction of sp³-hybridized carbons (Fsp3) is 0.412. The summed E-state index contributed by atoms with van der Waals surface area (Å²) in [6, 6.07) is 15.5. The van der Waals surface area contributed by atoms with Crippen molar-refractivity contribution in [3.8, 4) is 11.5 Å². The number of amides is 1. The summed E-state index contributed by atoms with van der Waals surface area (Å²) in [5.41, 5.74) is 1.84. The molecule has 0 aliphatic carbocycles. The van der Waals surface area contributed by atoms with Gasteiger partial charge in [-0.25, -0.2) is 4.39 Å². The minimum absolute atomic E-state index is 0.00317. The van der Waals surface area contributed by atoms with E-state index in [1.807, 2.05) is 4.90 Å². The Morgan fingerprint density at radius 3 is 2.11 bits per heavy atom. The van der Waals surface area contributed by atoms with E-state index < -0.39 is 18.5 Å². The Kier molecular flexibility index (Phi) is 10.4. The molecule has 5 rings (SSSR count). The first-order valence-corrected chi connectivity index (χ1v) is 15.2. The van der Waals surface area contributed by atoms with Crippen LogP contribution in [0.15, 0.2) is 66.9 Å². The van der Waals surface area contributed by atoms with Gasteiger partial charge in [0.2, 0.25) is 0 Å². The van der Waals surface area contributed by atoms with Gasteiger partial charge in [-0.05, 0) is 85.8 Å². The summed E-state index contributed by atoms with van der Waals surface area (Å²) in [5, 5.41) is 0. The summed E-state index contributed by atoms with van der Waals surface area (Å²) in [7, 11) is 1.57. The molecular weight excluding hydrogens is 606 g/mol. The number of hydrogen-bond acceptors (Lipinski definition) is 7. The number of carbonyl (C=O) groups excluding carboxylic acids is 3. The van der Waals surface area contributed by atoms with Crippen molar-refractivity contribution in [1.82, 2.24) is 14.8 Å². The van der Waals surface area contributed by atoms with Gasteiger partial charge < -0.3 is 14.4 Å². The van der Waals surface area contributed by atoms with E-state index in [-0.39, 0.29) is 47.8 Å². The molecular formula is C34H35F4N3O5. The number of aromatic nitrogens is 1. The first kappa shape index (κ1) is 33.1. The number of hydrogen-bond donors (Lipinski definition) is 0. The zero-order valence-corrected chi connectivity index (χ0v) is 25.3. The van der Waals surface area contributed by atoms with Crippen LogP contribution in [0, 0.1) is 11.8 Å². The van der Waals surface area contributed by atoms with Crippen molar-refractivity contribution in [2.75, 3.05) is 33.3 Å². The van der Waals surface area contributed by atoms with Crippen LogP contribution in [0.5, 0.6) is 11.5 Å². The molecule has 1 amide bonds. The zero-order chi connectivity index (χ0) is 32.8. The summed E-state index contributed by atoms with van der Waals surface area (Å²) in [6.07, 6.45) is -3.13.